The number of pyridine rings is 1. The Hall–Kier alpha value is -2.52. The van der Waals surface area contributed by atoms with E-state index in [2.05, 4.69) is 9.72 Å². The number of ether oxygens (including phenoxy) is 1. The fourth-order valence-corrected chi connectivity index (χ4v) is 2.75. The number of benzene rings is 1. The number of carbonyl (C=O) groups is 2. The number of nitrogens with one attached hydrogen (secondary N) is 2. The molecule has 6 nitrogen and oxygen atoms in total. The molecule has 0 aliphatic rings. The fourth-order valence-electron chi connectivity index (χ4n) is 2.25. The minimum atomic E-state index is -5.29. The van der Waals surface area contributed by atoms with Gasteiger partial charge in [0.1, 0.15) is 5.82 Å². The molecule has 2 N–H and O–H groups in total. The first kappa shape index (κ1) is 21.8. The summed E-state index contributed by atoms with van der Waals surface area (Å²) in [6.45, 7) is 1.62. The second-order valence-corrected chi connectivity index (χ2v) is 6.50. The van der Waals surface area contributed by atoms with Crippen LogP contribution in [0.15, 0.2) is 36.5 Å². The number of alkyl halides is 3. The summed E-state index contributed by atoms with van der Waals surface area (Å²) in [7, 11) is 0.760. The molecule has 2 rings (SSSR count). The molecule has 2 aromatic rings. The first-order valence-corrected chi connectivity index (χ1v) is 8.39. The van der Waals surface area contributed by atoms with E-state index in [9.17, 15) is 22.8 Å². The molecule has 1 heterocycles. The van der Waals surface area contributed by atoms with E-state index in [0.29, 0.717) is 5.56 Å². The van der Waals surface area contributed by atoms with Crippen LogP contribution in [0.2, 0.25) is 10.0 Å². The maximum atomic E-state index is 14.0. The number of esters is 1. The first-order chi connectivity index (χ1) is 13.0. The molecule has 0 bridgehead atoms. The van der Waals surface area contributed by atoms with Crippen LogP contribution in [0.3, 0.4) is 0 Å². The van der Waals surface area contributed by atoms with Crippen molar-refractivity contribution in [3.8, 4) is 0 Å². The summed E-state index contributed by atoms with van der Waals surface area (Å²) >= 11 is 11.6. The number of amides is 1. The first-order valence-electron chi connectivity index (χ1n) is 7.63. The number of hydrogen-bond donors (Lipinski definition) is 2. The monoisotopic (exact) mass is 435 g/mol. The van der Waals surface area contributed by atoms with Crippen LogP contribution in [0.5, 0.6) is 0 Å². The lowest BCUT2D eigenvalue weighted by Crippen LogP contribution is -2.69. The predicted octanol–water partition coefficient (Wildman–Crippen LogP) is 3.97. The second-order valence-electron chi connectivity index (χ2n) is 5.66. The molecule has 0 aliphatic heterocycles. The SMILES string of the molecule is COC(=O)[C@](NC(=O)c1ccc(Cl)cc1Cl)(Nc1cc(C)ccn1)C(F)(F)F. The van der Waals surface area contributed by atoms with Crippen molar-refractivity contribution in [2.24, 2.45) is 0 Å². The number of hydrogen-bond acceptors (Lipinski definition) is 5. The van der Waals surface area contributed by atoms with E-state index in [1.165, 1.54) is 24.4 Å². The van der Waals surface area contributed by atoms with Gasteiger partial charge in [-0.15, -0.1) is 0 Å². The lowest BCUT2D eigenvalue weighted by atomic mass is 10.1. The van der Waals surface area contributed by atoms with Gasteiger partial charge in [0.15, 0.2) is 0 Å². The molecule has 1 aromatic heterocycles. The molecule has 1 aromatic carbocycles. The van der Waals surface area contributed by atoms with Crippen LogP contribution in [0.25, 0.3) is 0 Å². The highest BCUT2D eigenvalue weighted by Crippen LogP contribution is 2.33. The molecule has 150 valence electrons. The van der Waals surface area contributed by atoms with Gasteiger partial charge in [-0.25, -0.2) is 9.78 Å². The van der Waals surface area contributed by atoms with Crippen molar-refractivity contribution < 1.29 is 27.5 Å². The van der Waals surface area contributed by atoms with Crippen molar-refractivity contribution in [3.05, 3.63) is 57.7 Å². The van der Waals surface area contributed by atoms with E-state index in [4.69, 9.17) is 23.2 Å². The number of rotatable bonds is 5. The van der Waals surface area contributed by atoms with E-state index in [1.54, 1.807) is 18.3 Å². The summed E-state index contributed by atoms with van der Waals surface area (Å²) in [5, 5.41) is 3.58. The summed E-state index contributed by atoms with van der Waals surface area (Å²) in [5.41, 5.74) is -3.35. The Bertz CT molecular complexity index is 909. The zero-order valence-electron chi connectivity index (χ0n) is 14.5. The van der Waals surface area contributed by atoms with Crippen LogP contribution in [-0.2, 0) is 9.53 Å². The van der Waals surface area contributed by atoms with Crippen LogP contribution in [0, 0.1) is 6.92 Å². The van der Waals surface area contributed by atoms with E-state index in [-0.39, 0.29) is 21.4 Å². The molecule has 0 aliphatic carbocycles. The zero-order valence-corrected chi connectivity index (χ0v) is 16.0. The molecular weight excluding hydrogens is 422 g/mol. The van der Waals surface area contributed by atoms with Crippen LogP contribution in [0.4, 0.5) is 19.0 Å². The quantitative estimate of drug-likeness (QED) is 0.548. The number of anilines is 1. The number of nitrogens with zero attached hydrogens (tertiary/aromatic N) is 1. The number of carbonyl (C=O) groups excluding carboxylic acids is 2. The van der Waals surface area contributed by atoms with Crippen LogP contribution < -0.4 is 10.6 Å². The van der Waals surface area contributed by atoms with Crippen molar-refractivity contribution >= 4 is 40.9 Å². The normalized spacial score (nSPS) is 13.4. The molecule has 0 saturated heterocycles. The molecule has 0 fully saturated rings. The smallest absolute Gasteiger partial charge is 0.441 e. The maximum absolute atomic E-state index is 14.0. The van der Waals surface area contributed by atoms with E-state index >= 15 is 0 Å². The number of methoxy groups -OCH3 is 1. The average Bonchev–Trinajstić information content (AvgIpc) is 2.59. The fraction of sp³-hybridized carbons (Fsp3) is 0.235. The molecule has 11 heteroatoms. The van der Waals surface area contributed by atoms with Gasteiger partial charge in [-0.1, -0.05) is 23.2 Å². The Labute approximate surface area is 168 Å². The lowest BCUT2D eigenvalue weighted by molar-refractivity contribution is -0.203. The highest BCUT2D eigenvalue weighted by Gasteiger charge is 2.63. The molecule has 0 saturated carbocycles. The van der Waals surface area contributed by atoms with Crippen molar-refractivity contribution in [1.82, 2.24) is 10.3 Å². The van der Waals surface area contributed by atoms with Gasteiger partial charge in [-0.3, -0.25) is 4.79 Å². The van der Waals surface area contributed by atoms with Gasteiger partial charge >= 0.3 is 17.8 Å². The number of aryl methyl sites for hydroxylation is 1. The largest absolute Gasteiger partial charge is 0.466 e. The van der Waals surface area contributed by atoms with Gasteiger partial charge in [0.05, 0.1) is 17.7 Å². The molecular formula is C17H14Cl2F3N3O3. The Morgan fingerprint density at radius 3 is 2.36 bits per heavy atom. The van der Waals surface area contributed by atoms with Gasteiger partial charge in [0, 0.05) is 11.2 Å². The van der Waals surface area contributed by atoms with Crippen molar-refractivity contribution in [2.75, 3.05) is 12.4 Å². The van der Waals surface area contributed by atoms with E-state index < -0.39 is 23.7 Å². The van der Waals surface area contributed by atoms with Crippen molar-refractivity contribution in [3.63, 3.8) is 0 Å². The van der Waals surface area contributed by atoms with Gasteiger partial charge in [-0.2, -0.15) is 13.2 Å². The summed E-state index contributed by atoms with van der Waals surface area (Å²) < 4.78 is 46.3. The summed E-state index contributed by atoms with van der Waals surface area (Å²) in [5.74, 6) is -3.36. The Morgan fingerprint density at radius 1 is 1.14 bits per heavy atom. The third-order valence-electron chi connectivity index (χ3n) is 3.62. The standard InChI is InChI=1S/C17H14Cl2F3N3O3/c1-9-5-6-23-13(7-9)24-16(15(27)28-2,17(20,21)22)25-14(26)11-4-3-10(18)8-12(11)19/h3-8H,1-2H3,(H,23,24)(H,25,26)/t16-/m1/s1. The molecule has 28 heavy (non-hydrogen) atoms. The van der Waals surface area contributed by atoms with Crippen LogP contribution >= 0.6 is 23.2 Å². The molecule has 0 radical (unpaired) electrons. The minimum Gasteiger partial charge on any atom is -0.466 e. The van der Waals surface area contributed by atoms with E-state index in [1.807, 2.05) is 5.32 Å². The predicted molar refractivity (Wildman–Crippen MR) is 97.3 cm³/mol. The second kappa shape index (κ2) is 8.24. The van der Waals surface area contributed by atoms with Crippen LogP contribution in [0.1, 0.15) is 15.9 Å². The summed E-state index contributed by atoms with van der Waals surface area (Å²) in [4.78, 5) is 28.4. The molecule has 0 spiro atoms. The Morgan fingerprint density at radius 2 is 1.82 bits per heavy atom. The number of halogens is 5. The summed E-state index contributed by atoms with van der Waals surface area (Å²) in [6, 6.07) is 6.39. The summed E-state index contributed by atoms with van der Waals surface area (Å²) in [6.07, 6.45) is -4.05. The molecule has 0 unspecified atom stereocenters. The Kier molecular flexibility index (Phi) is 6.41. The average molecular weight is 436 g/mol. The highest BCUT2D eigenvalue weighted by molar-refractivity contribution is 6.36. The van der Waals surface area contributed by atoms with E-state index in [0.717, 1.165) is 13.2 Å². The van der Waals surface area contributed by atoms with Crippen LogP contribution in [-0.4, -0.2) is 35.8 Å². The zero-order chi connectivity index (χ0) is 21.1. The minimum absolute atomic E-state index is 0.179. The third-order valence-corrected chi connectivity index (χ3v) is 4.17. The number of aromatic nitrogens is 1. The lowest BCUT2D eigenvalue weighted by Gasteiger charge is -2.34. The molecule has 1 atom stereocenters. The van der Waals surface area contributed by atoms with Gasteiger partial charge in [0.2, 0.25) is 0 Å². The Balaban J connectivity index is 2.53. The van der Waals surface area contributed by atoms with Gasteiger partial charge in [0.25, 0.3) is 5.91 Å². The highest BCUT2D eigenvalue weighted by atomic mass is 35.5. The maximum Gasteiger partial charge on any atom is 0.441 e. The van der Waals surface area contributed by atoms with Crippen molar-refractivity contribution in [1.29, 1.82) is 0 Å². The van der Waals surface area contributed by atoms with Crippen molar-refractivity contribution in [2.45, 2.75) is 18.8 Å². The van der Waals surface area contributed by atoms with Gasteiger partial charge in [-0.05, 0) is 42.8 Å². The van der Waals surface area contributed by atoms with Gasteiger partial charge < -0.3 is 15.4 Å². The molecule has 1 amide bonds. The topological polar surface area (TPSA) is 80.3 Å². The third kappa shape index (κ3) is 4.48.